The van der Waals surface area contributed by atoms with E-state index in [1.807, 2.05) is 13.8 Å². The lowest BCUT2D eigenvalue weighted by Crippen LogP contribution is -2.34. The highest BCUT2D eigenvalue weighted by Gasteiger charge is 2.20. The maximum absolute atomic E-state index is 12.5. The fourth-order valence-electron chi connectivity index (χ4n) is 3.26. The first kappa shape index (κ1) is 24.8. The molecule has 0 atom stereocenters. The summed E-state index contributed by atoms with van der Waals surface area (Å²) < 4.78 is 5.73. The number of nitrogens with two attached hydrogens (primary N) is 1. The zero-order chi connectivity index (χ0) is 22.8. The van der Waals surface area contributed by atoms with Crippen LogP contribution in [0.15, 0.2) is 24.3 Å². The summed E-state index contributed by atoms with van der Waals surface area (Å²) in [5, 5.41) is 6.25. The topological polar surface area (TPSA) is 93.4 Å². The van der Waals surface area contributed by atoms with E-state index >= 15 is 0 Å². The average Bonchev–Trinajstić information content (AvgIpc) is 3.05. The lowest BCUT2D eigenvalue weighted by Gasteiger charge is -2.10. The molecule has 0 aliphatic rings. The standard InChI is InChI=1S/C23H31N3O3S2/c1-4-6-7-8-9-14-29-17-12-10-16(11-13-17)21(28)25-23(30)26-22-19(20(24)27)18(5-2)15(3)31-22/h10-13H,4-9,14H2,1-3H3,(H2,24,27)(H2,25,26,28,30). The number of unbranched alkanes of at least 4 members (excludes halogenated alkanes) is 4. The van der Waals surface area contributed by atoms with Gasteiger partial charge in [0.05, 0.1) is 12.2 Å². The summed E-state index contributed by atoms with van der Waals surface area (Å²) >= 11 is 6.65. The van der Waals surface area contributed by atoms with Gasteiger partial charge in [0, 0.05) is 10.4 Å². The number of thiophene rings is 1. The number of nitrogens with one attached hydrogen (secondary N) is 2. The number of ether oxygens (including phenoxy) is 1. The van der Waals surface area contributed by atoms with Crippen molar-refractivity contribution in [2.75, 3.05) is 11.9 Å². The van der Waals surface area contributed by atoms with Crippen molar-refractivity contribution in [3.8, 4) is 5.75 Å². The molecule has 31 heavy (non-hydrogen) atoms. The first-order chi connectivity index (χ1) is 14.9. The molecule has 2 aromatic rings. The van der Waals surface area contributed by atoms with E-state index in [1.54, 1.807) is 24.3 Å². The monoisotopic (exact) mass is 461 g/mol. The summed E-state index contributed by atoms with van der Waals surface area (Å²) in [6.45, 7) is 6.76. The van der Waals surface area contributed by atoms with Gasteiger partial charge in [-0.15, -0.1) is 11.3 Å². The predicted molar refractivity (Wildman–Crippen MR) is 131 cm³/mol. The Kier molecular flexibility index (Phi) is 9.94. The number of carbonyl (C=O) groups is 2. The van der Waals surface area contributed by atoms with E-state index < -0.39 is 5.91 Å². The molecule has 168 valence electrons. The number of hydrogen-bond donors (Lipinski definition) is 3. The molecule has 0 saturated heterocycles. The number of benzene rings is 1. The Balaban J connectivity index is 1.89. The molecule has 0 bridgehead atoms. The summed E-state index contributed by atoms with van der Waals surface area (Å²) in [5.41, 5.74) is 7.33. The highest BCUT2D eigenvalue weighted by Crippen LogP contribution is 2.33. The smallest absolute Gasteiger partial charge is 0.257 e. The van der Waals surface area contributed by atoms with Crippen molar-refractivity contribution < 1.29 is 14.3 Å². The molecular formula is C23H31N3O3S2. The number of thiocarbonyl (C=S) groups is 1. The Labute approximate surface area is 193 Å². The third-order valence-electron chi connectivity index (χ3n) is 4.90. The van der Waals surface area contributed by atoms with Crippen LogP contribution in [-0.4, -0.2) is 23.5 Å². The van der Waals surface area contributed by atoms with Crippen molar-refractivity contribution in [2.24, 2.45) is 5.73 Å². The second kappa shape index (κ2) is 12.4. The van der Waals surface area contributed by atoms with Crippen LogP contribution >= 0.6 is 23.6 Å². The molecule has 1 aromatic heterocycles. The van der Waals surface area contributed by atoms with E-state index in [1.165, 1.54) is 37.0 Å². The van der Waals surface area contributed by atoms with Crippen LogP contribution in [-0.2, 0) is 6.42 Å². The molecule has 0 aliphatic carbocycles. The van der Waals surface area contributed by atoms with Crippen molar-refractivity contribution in [3.05, 3.63) is 45.8 Å². The Bertz CT molecular complexity index is 908. The number of primary amides is 1. The summed E-state index contributed by atoms with van der Waals surface area (Å²) in [6.07, 6.45) is 6.60. The van der Waals surface area contributed by atoms with Gasteiger partial charge >= 0.3 is 0 Å². The second-order valence-corrected chi connectivity index (χ2v) is 8.89. The van der Waals surface area contributed by atoms with Gasteiger partial charge in [0.15, 0.2) is 5.11 Å². The minimum atomic E-state index is -0.515. The van der Waals surface area contributed by atoms with Gasteiger partial charge in [-0.3, -0.25) is 14.9 Å². The van der Waals surface area contributed by atoms with E-state index in [4.69, 9.17) is 22.7 Å². The van der Waals surface area contributed by atoms with Gasteiger partial charge in [-0.25, -0.2) is 0 Å². The zero-order valence-corrected chi connectivity index (χ0v) is 20.0. The molecule has 4 N–H and O–H groups in total. The van der Waals surface area contributed by atoms with Crippen LogP contribution < -0.4 is 21.1 Å². The van der Waals surface area contributed by atoms with Crippen molar-refractivity contribution >= 4 is 45.5 Å². The Morgan fingerprint density at radius 3 is 2.39 bits per heavy atom. The van der Waals surface area contributed by atoms with Crippen molar-refractivity contribution in [3.63, 3.8) is 0 Å². The minimum absolute atomic E-state index is 0.115. The summed E-state index contributed by atoms with van der Waals surface area (Å²) in [5.74, 6) is -0.119. The fraction of sp³-hybridized carbons (Fsp3) is 0.435. The maximum Gasteiger partial charge on any atom is 0.257 e. The van der Waals surface area contributed by atoms with Crippen LogP contribution in [0.2, 0.25) is 0 Å². The van der Waals surface area contributed by atoms with Crippen LogP contribution in [0.25, 0.3) is 0 Å². The molecule has 1 heterocycles. The SMILES string of the molecule is CCCCCCCOc1ccc(C(=O)NC(=S)Nc2sc(C)c(CC)c2C(N)=O)cc1. The molecule has 2 amide bonds. The van der Waals surface area contributed by atoms with Crippen molar-refractivity contribution in [1.82, 2.24) is 5.32 Å². The Morgan fingerprint density at radius 1 is 1.10 bits per heavy atom. The summed E-state index contributed by atoms with van der Waals surface area (Å²) in [4.78, 5) is 25.4. The molecule has 0 unspecified atom stereocenters. The third kappa shape index (κ3) is 7.33. The molecule has 0 fully saturated rings. The van der Waals surface area contributed by atoms with Crippen LogP contribution in [0.4, 0.5) is 5.00 Å². The van der Waals surface area contributed by atoms with Gasteiger partial charge < -0.3 is 15.8 Å². The van der Waals surface area contributed by atoms with Crippen LogP contribution in [0.5, 0.6) is 5.75 Å². The van der Waals surface area contributed by atoms with E-state index in [9.17, 15) is 9.59 Å². The van der Waals surface area contributed by atoms with Crippen LogP contribution in [0, 0.1) is 6.92 Å². The number of aryl methyl sites for hydroxylation is 1. The van der Waals surface area contributed by atoms with E-state index in [2.05, 4.69) is 17.6 Å². The third-order valence-corrected chi connectivity index (χ3v) is 6.16. The van der Waals surface area contributed by atoms with Crippen molar-refractivity contribution in [2.45, 2.75) is 59.3 Å². The molecule has 1 aromatic carbocycles. The summed E-state index contributed by atoms with van der Waals surface area (Å²) in [7, 11) is 0. The number of rotatable bonds is 11. The Morgan fingerprint density at radius 2 is 1.77 bits per heavy atom. The molecule has 0 saturated carbocycles. The van der Waals surface area contributed by atoms with E-state index in [-0.39, 0.29) is 11.0 Å². The Hall–Kier alpha value is -2.45. The predicted octanol–water partition coefficient (Wildman–Crippen LogP) is 5.19. The first-order valence-corrected chi connectivity index (χ1v) is 11.9. The molecule has 8 heteroatoms. The lowest BCUT2D eigenvalue weighted by molar-refractivity contribution is 0.0975. The van der Waals surface area contributed by atoms with Gasteiger partial charge in [0.1, 0.15) is 10.8 Å². The summed E-state index contributed by atoms with van der Waals surface area (Å²) in [6, 6.07) is 6.95. The van der Waals surface area contributed by atoms with E-state index in [0.29, 0.717) is 29.2 Å². The van der Waals surface area contributed by atoms with Gasteiger partial charge in [-0.2, -0.15) is 0 Å². The lowest BCUT2D eigenvalue weighted by atomic mass is 10.1. The van der Waals surface area contributed by atoms with Crippen LogP contribution in [0.3, 0.4) is 0 Å². The zero-order valence-electron chi connectivity index (χ0n) is 18.4. The highest BCUT2D eigenvalue weighted by molar-refractivity contribution is 7.80. The number of carbonyl (C=O) groups excluding carboxylic acids is 2. The second-order valence-electron chi connectivity index (χ2n) is 7.25. The van der Waals surface area contributed by atoms with Gasteiger partial charge in [0.25, 0.3) is 11.8 Å². The highest BCUT2D eigenvalue weighted by atomic mass is 32.1. The number of hydrogen-bond acceptors (Lipinski definition) is 5. The average molecular weight is 462 g/mol. The maximum atomic E-state index is 12.5. The van der Waals surface area contributed by atoms with E-state index in [0.717, 1.165) is 22.6 Å². The van der Waals surface area contributed by atoms with Crippen molar-refractivity contribution in [1.29, 1.82) is 0 Å². The van der Waals surface area contributed by atoms with Gasteiger partial charge in [0.2, 0.25) is 0 Å². The van der Waals surface area contributed by atoms with Gasteiger partial charge in [-0.05, 0) is 61.8 Å². The quantitative estimate of drug-likeness (QED) is 0.316. The first-order valence-electron chi connectivity index (χ1n) is 10.6. The van der Waals surface area contributed by atoms with Crippen LogP contribution in [0.1, 0.15) is 77.1 Å². The molecule has 0 spiro atoms. The normalized spacial score (nSPS) is 10.5. The van der Waals surface area contributed by atoms with Gasteiger partial charge in [-0.1, -0.05) is 39.5 Å². The minimum Gasteiger partial charge on any atom is -0.494 e. The number of amides is 2. The molecule has 2 rings (SSSR count). The fourth-order valence-corrected chi connectivity index (χ4v) is 4.68. The molecule has 6 nitrogen and oxygen atoms in total. The molecule has 0 aliphatic heterocycles. The molecule has 0 radical (unpaired) electrons. The largest absolute Gasteiger partial charge is 0.494 e. The molecular weight excluding hydrogens is 430 g/mol. The number of anilines is 1.